The van der Waals surface area contributed by atoms with Gasteiger partial charge in [-0.15, -0.1) is 0 Å². The lowest BCUT2D eigenvalue weighted by atomic mass is 10.1. The lowest BCUT2D eigenvalue weighted by Gasteiger charge is -2.41. The topological polar surface area (TPSA) is 26.4 Å². The third-order valence-corrected chi connectivity index (χ3v) is 2.95. The zero-order valence-corrected chi connectivity index (χ0v) is 10.6. The molecule has 0 aliphatic heterocycles. The zero-order valence-electron chi connectivity index (χ0n) is 10.6. The van der Waals surface area contributed by atoms with Crippen LogP contribution in [0.15, 0.2) is 30.3 Å². The van der Waals surface area contributed by atoms with Crippen LogP contribution in [0.5, 0.6) is 0 Å². The second-order valence-electron chi connectivity index (χ2n) is 4.04. The van der Waals surface area contributed by atoms with Crippen LogP contribution in [-0.2, 0) is 11.0 Å². The highest BCUT2D eigenvalue weighted by atomic mass is 16.3. The molecular weight excluding hydrogens is 200 g/mol. The molecule has 0 spiro atoms. The first-order chi connectivity index (χ1) is 7.57. The molecule has 1 radical (unpaired) electrons. The average Bonchev–Trinajstić information content (AvgIpc) is 2.31. The molecule has 0 aromatic heterocycles. The first-order valence-corrected chi connectivity index (χ1v) is 5.75. The van der Waals surface area contributed by atoms with Crippen LogP contribution in [0.2, 0.25) is 0 Å². The molecule has 0 saturated carbocycles. The molecule has 89 valence electrons. The molecule has 1 atom stereocenters. The van der Waals surface area contributed by atoms with E-state index in [1.165, 1.54) is 0 Å². The van der Waals surface area contributed by atoms with Crippen molar-refractivity contribution >= 4 is 0 Å². The van der Waals surface area contributed by atoms with Gasteiger partial charge in [-0.2, -0.15) is 5.11 Å². The van der Waals surface area contributed by atoms with Crippen molar-refractivity contribution in [1.82, 2.24) is 9.80 Å². The third kappa shape index (κ3) is 2.26. The average molecular weight is 221 g/mol. The Morgan fingerprint density at radius 2 is 1.56 bits per heavy atom. The SMILES string of the molecule is CCN(CC)C([O])(c1ccccc1)N(C)C. The van der Waals surface area contributed by atoms with Crippen LogP contribution in [-0.4, -0.2) is 37.0 Å². The summed E-state index contributed by atoms with van der Waals surface area (Å²) in [5.74, 6) is -1.27. The van der Waals surface area contributed by atoms with Crippen LogP contribution in [0, 0.1) is 0 Å². The Morgan fingerprint density at radius 1 is 1.06 bits per heavy atom. The number of benzene rings is 1. The highest BCUT2D eigenvalue weighted by molar-refractivity contribution is 5.21. The second-order valence-corrected chi connectivity index (χ2v) is 4.04. The standard InChI is InChI=1S/C13H21N2O/c1-5-15(6-2)13(16,14(3)4)12-10-8-7-9-11-12/h7-11H,5-6H2,1-4H3. The predicted octanol–water partition coefficient (Wildman–Crippen LogP) is 2.13. The fourth-order valence-corrected chi connectivity index (χ4v) is 2.03. The normalized spacial score (nSPS) is 15.4. The zero-order chi connectivity index (χ0) is 12.2. The lowest BCUT2D eigenvalue weighted by molar-refractivity contribution is -0.247. The minimum atomic E-state index is -1.27. The van der Waals surface area contributed by atoms with Crippen molar-refractivity contribution in [3.8, 4) is 0 Å². The maximum Gasteiger partial charge on any atom is 0.239 e. The Kier molecular flexibility index (Phi) is 4.47. The number of nitrogens with zero attached hydrogens (tertiary/aromatic N) is 2. The highest BCUT2D eigenvalue weighted by Crippen LogP contribution is 2.28. The summed E-state index contributed by atoms with van der Waals surface area (Å²) < 4.78 is 0. The minimum Gasteiger partial charge on any atom is -0.263 e. The van der Waals surface area contributed by atoms with Crippen LogP contribution in [0.3, 0.4) is 0 Å². The van der Waals surface area contributed by atoms with E-state index in [4.69, 9.17) is 0 Å². The van der Waals surface area contributed by atoms with E-state index in [2.05, 4.69) is 0 Å². The molecule has 0 amide bonds. The van der Waals surface area contributed by atoms with Gasteiger partial charge < -0.3 is 0 Å². The van der Waals surface area contributed by atoms with Crippen LogP contribution in [0.25, 0.3) is 0 Å². The Labute approximate surface area is 98.3 Å². The van der Waals surface area contributed by atoms with Crippen molar-refractivity contribution in [1.29, 1.82) is 0 Å². The van der Waals surface area contributed by atoms with Crippen molar-refractivity contribution in [2.45, 2.75) is 19.7 Å². The summed E-state index contributed by atoms with van der Waals surface area (Å²) in [5, 5.41) is 13.0. The molecule has 0 saturated heterocycles. The monoisotopic (exact) mass is 221 g/mol. The molecule has 3 heteroatoms. The molecule has 3 nitrogen and oxygen atoms in total. The smallest absolute Gasteiger partial charge is 0.239 e. The van der Waals surface area contributed by atoms with E-state index >= 15 is 0 Å². The molecule has 0 bridgehead atoms. The molecule has 1 unspecified atom stereocenters. The summed E-state index contributed by atoms with van der Waals surface area (Å²) in [5.41, 5.74) is 0.795. The van der Waals surface area contributed by atoms with Gasteiger partial charge in [0.2, 0.25) is 5.85 Å². The van der Waals surface area contributed by atoms with Gasteiger partial charge in [0.1, 0.15) is 0 Å². The molecule has 0 fully saturated rings. The highest BCUT2D eigenvalue weighted by Gasteiger charge is 2.39. The molecule has 1 aromatic rings. The van der Waals surface area contributed by atoms with Crippen LogP contribution < -0.4 is 0 Å². The van der Waals surface area contributed by atoms with Crippen molar-refractivity contribution in [2.24, 2.45) is 0 Å². The van der Waals surface area contributed by atoms with E-state index in [1.807, 2.05) is 63.2 Å². The van der Waals surface area contributed by atoms with Crippen molar-refractivity contribution in [3.05, 3.63) is 35.9 Å². The van der Waals surface area contributed by atoms with Crippen molar-refractivity contribution < 1.29 is 5.11 Å². The molecule has 0 aliphatic rings. The van der Waals surface area contributed by atoms with E-state index in [9.17, 15) is 5.11 Å². The van der Waals surface area contributed by atoms with E-state index in [0.717, 1.165) is 18.7 Å². The fourth-order valence-electron chi connectivity index (χ4n) is 2.03. The first-order valence-electron chi connectivity index (χ1n) is 5.75. The molecule has 0 aliphatic carbocycles. The first kappa shape index (κ1) is 13.2. The maximum absolute atomic E-state index is 13.0. The Morgan fingerprint density at radius 3 is 1.94 bits per heavy atom. The van der Waals surface area contributed by atoms with Gasteiger partial charge >= 0.3 is 0 Å². The van der Waals surface area contributed by atoms with Gasteiger partial charge in [-0.25, -0.2) is 0 Å². The summed E-state index contributed by atoms with van der Waals surface area (Å²) in [6.45, 7) is 5.52. The van der Waals surface area contributed by atoms with Crippen molar-refractivity contribution in [2.75, 3.05) is 27.2 Å². The Bertz CT molecular complexity index is 309. The summed E-state index contributed by atoms with van der Waals surface area (Å²) in [6, 6.07) is 9.54. The number of hydrogen-bond donors (Lipinski definition) is 0. The molecule has 1 rings (SSSR count). The van der Waals surface area contributed by atoms with Crippen LogP contribution >= 0.6 is 0 Å². The van der Waals surface area contributed by atoms with Gasteiger partial charge in [0, 0.05) is 5.56 Å². The van der Waals surface area contributed by atoms with Gasteiger partial charge in [0.15, 0.2) is 0 Å². The van der Waals surface area contributed by atoms with E-state index < -0.39 is 5.85 Å². The quantitative estimate of drug-likeness (QED) is 0.712. The van der Waals surface area contributed by atoms with Gasteiger partial charge in [-0.3, -0.25) is 9.80 Å². The van der Waals surface area contributed by atoms with Crippen LogP contribution in [0.4, 0.5) is 0 Å². The minimum absolute atomic E-state index is 0.743. The predicted molar refractivity (Wildman–Crippen MR) is 65.4 cm³/mol. The van der Waals surface area contributed by atoms with E-state index in [-0.39, 0.29) is 0 Å². The molecule has 1 aromatic carbocycles. The van der Waals surface area contributed by atoms with Crippen LogP contribution in [0.1, 0.15) is 19.4 Å². The number of hydrogen-bond acceptors (Lipinski definition) is 2. The summed E-state index contributed by atoms with van der Waals surface area (Å²) in [4.78, 5) is 3.65. The number of rotatable bonds is 5. The van der Waals surface area contributed by atoms with E-state index in [0.29, 0.717) is 0 Å². The Hall–Kier alpha value is -0.900. The summed E-state index contributed by atoms with van der Waals surface area (Å²) >= 11 is 0. The van der Waals surface area contributed by atoms with Gasteiger partial charge in [0.05, 0.1) is 0 Å². The molecular formula is C13H21N2O. The van der Waals surface area contributed by atoms with E-state index in [1.54, 1.807) is 4.90 Å². The van der Waals surface area contributed by atoms with Gasteiger partial charge in [0.25, 0.3) is 0 Å². The fraction of sp³-hybridized carbons (Fsp3) is 0.538. The van der Waals surface area contributed by atoms with Gasteiger partial charge in [-0.05, 0) is 27.2 Å². The Balaban J connectivity index is 3.16. The summed E-state index contributed by atoms with van der Waals surface area (Å²) in [6.07, 6.45) is 0. The van der Waals surface area contributed by atoms with Crippen molar-refractivity contribution in [3.63, 3.8) is 0 Å². The maximum atomic E-state index is 13.0. The largest absolute Gasteiger partial charge is 0.263 e. The molecule has 16 heavy (non-hydrogen) atoms. The third-order valence-electron chi connectivity index (χ3n) is 2.95. The summed E-state index contributed by atoms with van der Waals surface area (Å²) in [7, 11) is 3.66. The second kappa shape index (κ2) is 5.43. The lowest BCUT2D eigenvalue weighted by Crippen LogP contribution is -2.54. The van der Waals surface area contributed by atoms with Gasteiger partial charge in [-0.1, -0.05) is 44.2 Å². The molecule has 0 N–H and O–H groups in total. The molecule has 0 heterocycles.